The average molecular weight is 348 g/mol. The second-order valence-corrected chi connectivity index (χ2v) is 6.16. The number of pyridine rings is 1. The molecule has 26 heavy (non-hydrogen) atoms. The van der Waals surface area contributed by atoms with Gasteiger partial charge in [0.15, 0.2) is 0 Å². The maximum absolute atomic E-state index is 13.0. The van der Waals surface area contributed by atoms with Crippen LogP contribution in [0.15, 0.2) is 54.9 Å². The van der Waals surface area contributed by atoms with Gasteiger partial charge in [-0.25, -0.2) is 4.68 Å². The lowest BCUT2D eigenvalue weighted by atomic mass is 10.1. The van der Waals surface area contributed by atoms with E-state index in [0.29, 0.717) is 12.1 Å². The Hall–Kier alpha value is -2.95. The number of nitrogens with zero attached hydrogens (tertiary/aromatic N) is 3. The third-order valence-electron chi connectivity index (χ3n) is 4.31. The van der Waals surface area contributed by atoms with E-state index in [1.807, 2.05) is 47.1 Å². The van der Waals surface area contributed by atoms with Gasteiger partial charge in [0, 0.05) is 18.9 Å². The molecule has 3 rings (SSSR count). The van der Waals surface area contributed by atoms with Gasteiger partial charge in [-0.15, -0.1) is 0 Å². The highest BCUT2D eigenvalue weighted by Crippen LogP contribution is 2.21. The third kappa shape index (κ3) is 3.82. The molecule has 0 saturated heterocycles. The lowest BCUT2D eigenvalue weighted by Gasteiger charge is -2.09. The van der Waals surface area contributed by atoms with Gasteiger partial charge in [-0.3, -0.25) is 9.78 Å². The number of aromatic nitrogens is 3. The first-order valence-electron chi connectivity index (χ1n) is 9.07. The van der Waals surface area contributed by atoms with Crippen LogP contribution in [0.2, 0.25) is 0 Å². The number of hydrogen-bond acceptors (Lipinski definition) is 3. The van der Waals surface area contributed by atoms with Crippen LogP contribution in [0.1, 0.15) is 47.6 Å². The molecule has 0 radical (unpaired) electrons. The zero-order chi connectivity index (χ0) is 18.4. The van der Waals surface area contributed by atoms with Gasteiger partial charge < -0.3 is 5.32 Å². The Labute approximate surface area is 154 Å². The van der Waals surface area contributed by atoms with Gasteiger partial charge in [0.05, 0.1) is 22.6 Å². The SMILES string of the molecule is CCCc1nn(-c2ccccc2)c(CC)c1C(=O)NCc1ccncc1. The molecule has 0 unspecified atom stereocenters. The molecule has 0 saturated carbocycles. The minimum atomic E-state index is -0.0655. The molecule has 5 nitrogen and oxygen atoms in total. The summed E-state index contributed by atoms with van der Waals surface area (Å²) in [7, 11) is 0. The molecule has 0 fully saturated rings. The molecule has 0 atom stereocenters. The van der Waals surface area contributed by atoms with E-state index in [2.05, 4.69) is 24.1 Å². The summed E-state index contributed by atoms with van der Waals surface area (Å²) in [5.74, 6) is -0.0655. The molecule has 3 aromatic rings. The molecule has 0 bridgehead atoms. The van der Waals surface area contributed by atoms with Crippen molar-refractivity contribution < 1.29 is 4.79 Å². The number of nitrogens with one attached hydrogen (secondary N) is 1. The minimum absolute atomic E-state index is 0.0655. The average Bonchev–Trinajstić information content (AvgIpc) is 3.06. The van der Waals surface area contributed by atoms with Gasteiger partial charge in [-0.05, 0) is 42.7 Å². The van der Waals surface area contributed by atoms with Crippen LogP contribution in [-0.4, -0.2) is 20.7 Å². The summed E-state index contributed by atoms with van der Waals surface area (Å²) in [6, 6.07) is 13.8. The van der Waals surface area contributed by atoms with E-state index >= 15 is 0 Å². The highest BCUT2D eigenvalue weighted by atomic mass is 16.1. The van der Waals surface area contributed by atoms with Gasteiger partial charge in [-0.1, -0.05) is 38.5 Å². The summed E-state index contributed by atoms with van der Waals surface area (Å²) in [6.45, 7) is 4.64. The van der Waals surface area contributed by atoms with E-state index < -0.39 is 0 Å². The first kappa shape index (κ1) is 17.9. The van der Waals surface area contributed by atoms with Crippen LogP contribution in [0, 0.1) is 0 Å². The van der Waals surface area contributed by atoms with Gasteiger partial charge in [-0.2, -0.15) is 5.10 Å². The van der Waals surface area contributed by atoms with Crippen molar-refractivity contribution in [2.75, 3.05) is 0 Å². The highest BCUT2D eigenvalue weighted by molar-refractivity contribution is 5.96. The lowest BCUT2D eigenvalue weighted by molar-refractivity contribution is 0.0949. The fourth-order valence-electron chi connectivity index (χ4n) is 3.06. The van der Waals surface area contributed by atoms with E-state index in [-0.39, 0.29) is 5.91 Å². The number of hydrogen-bond donors (Lipinski definition) is 1. The fraction of sp³-hybridized carbons (Fsp3) is 0.286. The number of benzene rings is 1. The molecule has 0 aliphatic carbocycles. The lowest BCUT2D eigenvalue weighted by Crippen LogP contribution is -2.24. The summed E-state index contributed by atoms with van der Waals surface area (Å²) in [5.41, 5.74) is 4.54. The molecule has 2 heterocycles. The van der Waals surface area contributed by atoms with E-state index in [9.17, 15) is 4.79 Å². The summed E-state index contributed by atoms with van der Waals surface area (Å²) >= 11 is 0. The maximum Gasteiger partial charge on any atom is 0.255 e. The van der Waals surface area contributed by atoms with Crippen molar-refractivity contribution >= 4 is 5.91 Å². The molecule has 0 aliphatic rings. The van der Waals surface area contributed by atoms with Crippen molar-refractivity contribution in [2.24, 2.45) is 0 Å². The Morgan fingerprint density at radius 3 is 2.46 bits per heavy atom. The number of amides is 1. The highest BCUT2D eigenvalue weighted by Gasteiger charge is 2.22. The van der Waals surface area contributed by atoms with Crippen molar-refractivity contribution in [1.82, 2.24) is 20.1 Å². The number of carbonyl (C=O) groups excluding carboxylic acids is 1. The fourth-order valence-corrected chi connectivity index (χ4v) is 3.06. The Morgan fingerprint density at radius 1 is 1.08 bits per heavy atom. The van der Waals surface area contributed by atoms with Crippen molar-refractivity contribution in [3.63, 3.8) is 0 Å². The molecule has 1 aromatic carbocycles. The van der Waals surface area contributed by atoms with Gasteiger partial charge in [0.1, 0.15) is 0 Å². The van der Waals surface area contributed by atoms with Crippen LogP contribution in [-0.2, 0) is 19.4 Å². The zero-order valence-electron chi connectivity index (χ0n) is 15.3. The Kier molecular flexibility index (Phi) is 5.79. The molecule has 0 spiro atoms. The van der Waals surface area contributed by atoms with E-state index in [1.165, 1.54) is 0 Å². The Morgan fingerprint density at radius 2 is 1.81 bits per heavy atom. The number of para-hydroxylation sites is 1. The monoisotopic (exact) mass is 348 g/mol. The molecular weight excluding hydrogens is 324 g/mol. The summed E-state index contributed by atoms with van der Waals surface area (Å²) in [5, 5.41) is 7.80. The predicted octanol–water partition coefficient (Wildman–Crippen LogP) is 3.71. The molecule has 5 heteroatoms. The van der Waals surface area contributed by atoms with Crippen LogP contribution in [0.25, 0.3) is 5.69 Å². The van der Waals surface area contributed by atoms with Crippen molar-refractivity contribution in [3.8, 4) is 5.69 Å². The maximum atomic E-state index is 13.0. The van der Waals surface area contributed by atoms with E-state index in [4.69, 9.17) is 5.10 Å². The minimum Gasteiger partial charge on any atom is -0.348 e. The van der Waals surface area contributed by atoms with Crippen molar-refractivity contribution in [2.45, 2.75) is 39.7 Å². The molecule has 134 valence electrons. The topological polar surface area (TPSA) is 59.8 Å². The second kappa shape index (κ2) is 8.43. The molecule has 1 N–H and O–H groups in total. The number of rotatable bonds is 7. The normalized spacial score (nSPS) is 10.7. The first-order valence-corrected chi connectivity index (χ1v) is 9.07. The van der Waals surface area contributed by atoms with Crippen LogP contribution < -0.4 is 5.32 Å². The van der Waals surface area contributed by atoms with Crippen LogP contribution in [0.4, 0.5) is 0 Å². The third-order valence-corrected chi connectivity index (χ3v) is 4.31. The van der Waals surface area contributed by atoms with Gasteiger partial charge in [0.25, 0.3) is 5.91 Å². The standard InChI is InChI=1S/C21H24N4O/c1-3-8-18-20(21(26)23-15-16-11-13-22-14-12-16)19(4-2)25(24-18)17-9-6-5-7-10-17/h5-7,9-14H,3-4,8,15H2,1-2H3,(H,23,26). The predicted molar refractivity (Wildman–Crippen MR) is 102 cm³/mol. The zero-order valence-corrected chi connectivity index (χ0v) is 15.3. The summed E-state index contributed by atoms with van der Waals surface area (Å²) in [6.07, 6.45) is 5.93. The smallest absolute Gasteiger partial charge is 0.255 e. The van der Waals surface area contributed by atoms with Crippen LogP contribution in [0.3, 0.4) is 0 Å². The number of aryl methyl sites for hydroxylation is 1. The Bertz CT molecular complexity index is 856. The van der Waals surface area contributed by atoms with E-state index in [1.54, 1.807) is 12.4 Å². The molecular formula is C21H24N4O. The van der Waals surface area contributed by atoms with Crippen LogP contribution >= 0.6 is 0 Å². The number of carbonyl (C=O) groups is 1. The largest absolute Gasteiger partial charge is 0.348 e. The van der Waals surface area contributed by atoms with Crippen molar-refractivity contribution in [1.29, 1.82) is 0 Å². The quantitative estimate of drug-likeness (QED) is 0.708. The summed E-state index contributed by atoms with van der Waals surface area (Å²) < 4.78 is 1.91. The van der Waals surface area contributed by atoms with E-state index in [0.717, 1.165) is 41.9 Å². The second-order valence-electron chi connectivity index (χ2n) is 6.16. The van der Waals surface area contributed by atoms with Crippen molar-refractivity contribution in [3.05, 3.63) is 77.4 Å². The summed E-state index contributed by atoms with van der Waals surface area (Å²) in [4.78, 5) is 17.0. The molecule has 0 aliphatic heterocycles. The van der Waals surface area contributed by atoms with Crippen LogP contribution in [0.5, 0.6) is 0 Å². The molecule has 2 aromatic heterocycles. The molecule has 1 amide bonds. The van der Waals surface area contributed by atoms with Gasteiger partial charge in [0.2, 0.25) is 0 Å². The Balaban J connectivity index is 1.93. The van der Waals surface area contributed by atoms with Gasteiger partial charge >= 0.3 is 0 Å². The first-order chi connectivity index (χ1) is 12.7.